The first-order valence-electron chi connectivity index (χ1n) is 14.6. The first-order chi connectivity index (χ1) is 19.1. The molecule has 2 amide bonds. The second-order valence-corrected chi connectivity index (χ2v) is 12.1. The van der Waals surface area contributed by atoms with Gasteiger partial charge in [0.25, 0.3) is 5.91 Å². The van der Waals surface area contributed by atoms with Crippen molar-refractivity contribution >= 4 is 18.0 Å². The summed E-state index contributed by atoms with van der Waals surface area (Å²) in [7, 11) is 1.43. The molecule has 2 heterocycles. The summed E-state index contributed by atoms with van der Waals surface area (Å²) < 4.78 is 12.3. The molecule has 9 nitrogen and oxygen atoms in total. The predicted molar refractivity (Wildman–Crippen MR) is 151 cm³/mol. The van der Waals surface area contributed by atoms with Crippen LogP contribution in [0.15, 0.2) is 42.7 Å². The zero-order chi connectivity index (χ0) is 28.7. The first-order valence-corrected chi connectivity index (χ1v) is 14.6. The lowest BCUT2D eigenvalue weighted by molar-refractivity contribution is -0.146. The first kappa shape index (κ1) is 29.6. The number of carbonyl (C=O) groups is 3. The van der Waals surface area contributed by atoms with Crippen LogP contribution in [0.3, 0.4) is 0 Å². The Morgan fingerprint density at radius 2 is 1.68 bits per heavy atom. The van der Waals surface area contributed by atoms with Crippen LogP contribution < -0.4 is 0 Å². The molecule has 2 fully saturated rings. The van der Waals surface area contributed by atoms with Crippen molar-refractivity contribution < 1.29 is 23.9 Å². The van der Waals surface area contributed by atoms with Crippen molar-refractivity contribution in [1.82, 2.24) is 19.6 Å². The van der Waals surface area contributed by atoms with Gasteiger partial charge in [-0.25, -0.2) is 4.79 Å². The standard InChI is InChI=1S/C31H44N4O5/c1-31(2,3)40-30(38)33-17-14-23(15-18-33)16-19-34-22-26(20-32-34)28(36)35(21-24-8-6-5-7-9-24)27-12-10-25(11-13-27)29(37)39-4/h5-9,20,22-23,25,27H,10-19,21H2,1-4H3. The van der Waals surface area contributed by atoms with Crippen LogP contribution in [0, 0.1) is 11.8 Å². The lowest BCUT2D eigenvalue weighted by atomic mass is 9.85. The monoisotopic (exact) mass is 552 g/mol. The number of benzene rings is 1. The van der Waals surface area contributed by atoms with Crippen LogP contribution in [0.25, 0.3) is 0 Å². The molecule has 1 aromatic heterocycles. The minimum Gasteiger partial charge on any atom is -0.469 e. The van der Waals surface area contributed by atoms with Gasteiger partial charge in [0.1, 0.15) is 5.60 Å². The molecule has 0 radical (unpaired) electrons. The van der Waals surface area contributed by atoms with E-state index < -0.39 is 5.60 Å². The molecule has 0 spiro atoms. The van der Waals surface area contributed by atoms with Gasteiger partial charge in [0.05, 0.1) is 24.8 Å². The highest BCUT2D eigenvalue weighted by Crippen LogP contribution is 2.30. The molecule has 0 N–H and O–H groups in total. The van der Waals surface area contributed by atoms with E-state index in [0.29, 0.717) is 31.1 Å². The number of rotatable bonds is 8. The highest BCUT2D eigenvalue weighted by atomic mass is 16.6. The minimum atomic E-state index is -0.484. The van der Waals surface area contributed by atoms with Crippen molar-refractivity contribution in [2.24, 2.45) is 11.8 Å². The Morgan fingerprint density at radius 3 is 2.30 bits per heavy atom. The Labute approximate surface area is 237 Å². The fourth-order valence-corrected chi connectivity index (χ4v) is 5.74. The number of piperidine rings is 1. The lowest BCUT2D eigenvalue weighted by Gasteiger charge is -2.36. The molecule has 0 atom stereocenters. The van der Waals surface area contributed by atoms with Crippen LogP contribution in [0.4, 0.5) is 4.79 Å². The van der Waals surface area contributed by atoms with Gasteiger partial charge in [-0.1, -0.05) is 30.3 Å². The number of hydrogen-bond donors (Lipinski definition) is 0. The quantitative estimate of drug-likeness (QED) is 0.413. The molecule has 0 unspecified atom stereocenters. The Balaban J connectivity index is 1.33. The third-order valence-corrected chi connectivity index (χ3v) is 8.04. The second-order valence-electron chi connectivity index (χ2n) is 12.1. The van der Waals surface area contributed by atoms with Crippen LogP contribution in [0.5, 0.6) is 0 Å². The molecule has 1 aromatic carbocycles. The molecule has 9 heteroatoms. The van der Waals surface area contributed by atoms with E-state index in [1.807, 2.05) is 66.9 Å². The number of hydrogen-bond acceptors (Lipinski definition) is 6. The van der Waals surface area contributed by atoms with E-state index in [1.165, 1.54) is 7.11 Å². The van der Waals surface area contributed by atoms with Gasteiger partial charge in [-0.3, -0.25) is 14.3 Å². The molecule has 1 saturated carbocycles. The van der Waals surface area contributed by atoms with E-state index in [2.05, 4.69) is 5.10 Å². The highest BCUT2D eigenvalue weighted by molar-refractivity contribution is 5.94. The zero-order valence-corrected chi connectivity index (χ0v) is 24.4. The average molecular weight is 553 g/mol. The molecule has 2 aromatic rings. The van der Waals surface area contributed by atoms with Crippen LogP contribution in [0.1, 0.15) is 81.6 Å². The minimum absolute atomic E-state index is 0.0257. The largest absolute Gasteiger partial charge is 0.469 e. The topological polar surface area (TPSA) is 94.0 Å². The molecule has 1 saturated heterocycles. The maximum absolute atomic E-state index is 13.8. The maximum atomic E-state index is 13.8. The number of ether oxygens (including phenoxy) is 2. The number of nitrogens with zero attached hydrogens (tertiary/aromatic N) is 4. The van der Waals surface area contributed by atoms with Crippen molar-refractivity contribution in [1.29, 1.82) is 0 Å². The Morgan fingerprint density at radius 1 is 1.00 bits per heavy atom. The zero-order valence-electron chi connectivity index (χ0n) is 24.4. The Hall–Kier alpha value is -3.36. The molecule has 1 aliphatic heterocycles. The third-order valence-electron chi connectivity index (χ3n) is 8.04. The third kappa shape index (κ3) is 8.08. The van der Waals surface area contributed by atoms with E-state index in [0.717, 1.165) is 57.1 Å². The number of esters is 1. The molecule has 0 bridgehead atoms. The number of amides is 2. The van der Waals surface area contributed by atoms with Gasteiger partial charge in [0.15, 0.2) is 0 Å². The van der Waals surface area contributed by atoms with Gasteiger partial charge >= 0.3 is 12.1 Å². The van der Waals surface area contributed by atoms with Crippen molar-refractivity contribution in [2.45, 2.75) is 90.4 Å². The molecule has 4 rings (SSSR count). The van der Waals surface area contributed by atoms with Crippen LogP contribution in [0.2, 0.25) is 0 Å². The molecule has 1 aliphatic carbocycles. The highest BCUT2D eigenvalue weighted by Gasteiger charge is 2.33. The van der Waals surface area contributed by atoms with E-state index in [-0.39, 0.29) is 29.9 Å². The van der Waals surface area contributed by atoms with Crippen LogP contribution in [-0.4, -0.2) is 69.4 Å². The summed E-state index contributed by atoms with van der Waals surface area (Å²) >= 11 is 0. The normalized spacial score (nSPS) is 20.1. The van der Waals surface area contributed by atoms with Crippen molar-refractivity contribution in [3.8, 4) is 0 Å². The van der Waals surface area contributed by atoms with Gasteiger partial charge in [-0.15, -0.1) is 0 Å². The molecule has 218 valence electrons. The Bertz CT molecular complexity index is 1130. The van der Waals surface area contributed by atoms with Crippen molar-refractivity contribution in [3.63, 3.8) is 0 Å². The SMILES string of the molecule is COC(=O)C1CCC(N(Cc2ccccc2)C(=O)c2cnn(CCC3CCN(C(=O)OC(C)(C)C)CC3)c2)CC1. The molecular formula is C31H44N4O5. The Kier molecular flexibility index (Phi) is 9.87. The lowest BCUT2D eigenvalue weighted by Crippen LogP contribution is -2.42. The van der Waals surface area contributed by atoms with Gasteiger partial charge < -0.3 is 19.3 Å². The van der Waals surface area contributed by atoms with Gasteiger partial charge in [-0.2, -0.15) is 5.10 Å². The molecule has 2 aliphatic rings. The number of aromatic nitrogens is 2. The van der Waals surface area contributed by atoms with Crippen LogP contribution >= 0.6 is 0 Å². The van der Waals surface area contributed by atoms with Crippen molar-refractivity contribution in [2.75, 3.05) is 20.2 Å². The van der Waals surface area contributed by atoms with Gasteiger partial charge in [-0.05, 0) is 77.2 Å². The predicted octanol–water partition coefficient (Wildman–Crippen LogP) is 5.29. The van der Waals surface area contributed by atoms with Crippen molar-refractivity contribution in [3.05, 3.63) is 53.9 Å². The fourth-order valence-electron chi connectivity index (χ4n) is 5.74. The summed E-state index contributed by atoms with van der Waals surface area (Å²) in [4.78, 5) is 41.9. The summed E-state index contributed by atoms with van der Waals surface area (Å²) in [6.07, 6.45) is 9.11. The smallest absolute Gasteiger partial charge is 0.410 e. The summed E-state index contributed by atoms with van der Waals surface area (Å²) in [6.45, 7) is 8.32. The molecule has 40 heavy (non-hydrogen) atoms. The number of carbonyl (C=O) groups excluding carboxylic acids is 3. The summed E-state index contributed by atoms with van der Waals surface area (Å²) in [5.41, 5.74) is 1.18. The number of methoxy groups -OCH3 is 1. The summed E-state index contributed by atoms with van der Waals surface area (Å²) in [6, 6.07) is 10.1. The van der Waals surface area contributed by atoms with E-state index in [1.54, 1.807) is 11.1 Å². The number of likely N-dealkylation sites (tertiary alicyclic amines) is 1. The van der Waals surface area contributed by atoms with Gasteiger partial charge in [0, 0.05) is 38.4 Å². The van der Waals surface area contributed by atoms with E-state index in [9.17, 15) is 14.4 Å². The fraction of sp³-hybridized carbons (Fsp3) is 0.613. The van der Waals surface area contributed by atoms with Gasteiger partial charge in [0.2, 0.25) is 0 Å². The average Bonchev–Trinajstić information content (AvgIpc) is 3.43. The van der Waals surface area contributed by atoms with E-state index >= 15 is 0 Å². The number of aryl methyl sites for hydroxylation is 1. The second kappa shape index (κ2) is 13.3. The maximum Gasteiger partial charge on any atom is 0.410 e. The van der Waals surface area contributed by atoms with Crippen LogP contribution in [-0.2, 0) is 27.4 Å². The van der Waals surface area contributed by atoms with E-state index in [4.69, 9.17) is 9.47 Å². The summed E-state index contributed by atoms with van der Waals surface area (Å²) in [5.74, 6) is 0.230. The molecular weight excluding hydrogens is 508 g/mol. The summed E-state index contributed by atoms with van der Waals surface area (Å²) in [5, 5.41) is 4.51.